The van der Waals surface area contributed by atoms with Gasteiger partial charge < -0.3 is 5.32 Å². The van der Waals surface area contributed by atoms with Crippen LogP contribution in [0.5, 0.6) is 0 Å². The number of nitrogens with one attached hydrogen (secondary N) is 1. The van der Waals surface area contributed by atoms with Gasteiger partial charge in [-0.15, -0.1) is 0 Å². The van der Waals surface area contributed by atoms with E-state index in [1.165, 1.54) is 23.6 Å². The van der Waals surface area contributed by atoms with Gasteiger partial charge in [0.15, 0.2) is 0 Å². The van der Waals surface area contributed by atoms with E-state index >= 15 is 0 Å². The Morgan fingerprint density at radius 2 is 1.61 bits per heavy atom. The van der Waals surface area contributed by atoms with E-state index < -0.39 is 10.0 Å². The molecule has 0 aromatic heterocycles. The molecule has 1 aromatic rings. The van der Waals surface area contributed by atoms with Crippen molar-refractivity contribution in [3.05, 3.63) is 23.8 Å². The molecule has 4 bridgehead atoms. The largest absolute Gasteiger partial charge is 0.325 e. The Morgan fingerprint density at radius 1 is 1.07 bits per heavy atom. The van der Waals surface area contributed by atoms with Crippen LogP contribution in [0, 0.1) is 30.1 Å². The van der Waals surface area contributed by atoms with E-state index in [4.69, 9.17) is 0 Å². The maximum absolute atomic E-state index is 13.4. The molecule has 0 radical (unpaired) electrons. The van der Waals surface area contributed by atoms with Crippen molar-refractivity contribution in [1.29, 1.82) is 0 Å². The normalized spacial score (nSPS) is 31.4. The molecule has 0 aliphatic heterocycles. The van der Waals surface area contributed by atoms with E-state index in [2.05, 4.69) is 5.32 Å². The summed E-state index contributed by atoms with van der Waals surface area (Å²) in [6, 6.07) is 5.08. The van der Waals surface area contributed by atoms with E-state index in [0.29, 0.717) is 36.5 Å². The van der Waals surface area contributed by atoms with Crippen LogP contribution in [0.3, 0.4) is 0 Å². The minimum absolute atomic E-state index is 0.104. The van der Waals surface area contributed by atoms with Crippen LogP contribution in [-0.2, 0) is 14.8 Å². The van der Waals surface area contributed by atoms with Gasteiger partial charge in [-0.05, 0) is 80.9 Å². The lowest BCUT2D eigenvalue weighted by Gasteiger charge is -2.55. The molecule has 1 N–H and O–H groups in total. The van der Waals surface area contributed by atoms with Gasteiger partial charge in [0.2, 0.25) is 15.9 Å². The molecule has 28 heavy (non-hydrogen) atoms. The molecular weight excluding hydrogens is 372 g/mol. The van der Waals surface area contributed by atoms with Crippen LogP contribution in [0.25, 0.3) is 0 Å². The zero-order valence-electron chi connectivity index (χ0n) is 17.2. The highest BCUT2D eigenvalue weighted by molar-refractivity contribution is 7.89. The molecule has 0 unspecified atom stereocenters. The van der Waals surface area contributed by atoms with Gasteiger partial charge in [0.25, 0.3) is 0 Å². The van der Waals surface area contributed by atoms with Crippen molar-refractivity contribution in [2.45, 2.75) is 64.2 Å². The summed E-state index contributed by atoms with van der Waals surface area (Å²) in [4.78, 5) is 13.6. The molecule has 6 heteroatoms. The average Bonchev–Trinajstić information content (AvgIpc) is 2.63. The van der Waals surface area contributed by atoms with Gasteiger partial charge in [-0.2, -0.15) is 4.31 Å². The highest BCUT2D eigenvalue weighted by Gasteiger charge is 2.54. The molecule has 1 aromatic carbocycles. The highest BCUT2D eigenvalue weighted by atomic mass is 32.2. The summed E-state index contributed by atoms with van der Waals surface area (Å²) in [6.45, 7) is 6.46. The average molecular weight is 405 g/mol. The van der Waals surface area contributed by atoms with Crippen molar-refractivity contribution in [3.8, 4) is 0 Å². The number of hydrogen-bond donors (Lipinski definition) is 1. The first-order valence-corrected chi connectivity index (χ1v) is 12.1. The molecule has 4 fully saturated rings. The third kappa shape index (κ3) is 3.28. The lowest BCUT2D eigenvalue weighted by atomic mass is 9.49. The van der Waals surface area contributed by atoms with Crippen molar-refractivity contribution in [2.75, 3.05) is 18.4 Å². The van der Waals surface area contributed by atoms with E-state index in [1.807, 2.05) is 20.8 Å². The molecule has 4 aliphatic carbocycles. The first-order chi connectivity index (χ1) is 13.3. The maximum atomic E-state index is 13.4. The predicted octanol–water partition coefficient (Wildman–Crippen LogP) is 4.18. The summed E-state index contributed by atoms with van der Waals surface area (Å²) in [5.41, 5.74) is 1.29. The number of sulfonamides is 1. The van der Waals surface area contributed by atoms with Crippen LogP contribution in [0.2, 0.25) is 0 Å². The lowest BCUT2D eigenvalue weighted by Crippen LogP contribution is -2.51. The molecule has 1 amide bonds. The zero-order valence-corrected chi connectivity index (χ0v) is 18.0. The SMILES string of the molecule is CCN(CC)S(=O)(=O)c1ccc(C)c(NC(=O)C23CC4CC(CC(C4)C2)C3)c1. The number of nitrogens with zero attached hydrogens (tertiary/aromatic N) is 1. The van der Waals surface area contributed by atoms with Crippen LogP contribution in [0.15, 0.2) is 23.1 Å². The monoisotopic (exact) mass is 404 g/mol. The second-order valence-corrected chi connectivity index (χ2v) is 11.2. The van der Waals surface area contributed by atoms with Gasteiger partial charge in [0.1, 0.15) is 0 Å². The molecule has 5 nitrogen and oxygen atoms in total. The molecule has 0 spiro atoms. The summed E-state index contributed by atoms with van der Waals surface area (Å²) in [7, 11) is -3.54. The highest BCUT2D eigenvalue weighted by Crippen LogP contribution is 2.60. The molecular formula is C22H32N2O3S. The molecule has 4 saturated carbocycles. The molecule has 4 aliphatic rings. The first-order valence-electron chi connectivity index (χ1n) is 10.7. The van der Waals surface area contributed by atoms with Crippen molar-refractivity contribution in [2.24, 2.45) is 23.2 Å². The maximum Gasteiger partial charge on any atom is 0.243 e. The molecule has 0 saturated heterocycles. The first kappa shape index (κ1) is 19.9. The summed E-state index contributed by atoms with van der Waals surface area (Å²) in [5.74, 6) is 2.21. The Kier molecular flexibility index (Phi) is 5.07. The Hall–Kier alpha value is -1.40. The van der Waals surface area contributed by atoms with Crippen molar-refractivity contribution < 1.29 is 13.2 Å². The Labute approximate surface area is 168 Å². The van der Waals surface area contributed by atoms with Crippen molar-refractivity contribution in [3.63, 3.8) is 0 Å². The Bertz CT molecular complexity index is 838. The summed E-state index contributed by atoms with van der Waals surface area (Å²) in [6.07, 6.45) is 6.89. The standard InChI is InChI=1S/C22H32N2O3S/c1-4-24(5-2)28(26,27)19-7-6-15(3)20(11-19)23-21(25)22-12-16-8-17(13-22)10-18(9-16)14-22/h6-7,11,16-18H,4-5,8-10,12-14H2,1-3H3,(H,23,25). The number of amides is 1. The van der Waals surface area contributed by atoms with Gasteiger partial charge >= 0.3 is 0 Å². The minimum atomic E-state index is -3.54. The number of aryl methyl sites for hydroxylation is 1. The van der Waals surface area contributed by atoms with Gasteiger partial charge in [-0.3, -0.25) is 4.79 Å². The summed E-state index contributed by atoms with van der Waals surface area (Å²) in [5, 5.41) is 3.13. The van der Waals surface area contributed by atoms with Crippen LogP contribution >= 0.6 is 0 Å². The zero-order chi connectivity index (χ0) is 20.1. The van der Waals surface area contributed by atoms with E-state index in [-0.39, 0.29) is 16.2 Å². The summed E-state index contributed by atoms with van der Waals surface area (Å²) < 4.78 is 27.2. The predicted molar refractivity (Wildman–Crippen MR) is 111 cm³/mol. The lowest BCUT2D eigenvalue weighted by molar-refractivity contribution is -0.140. The fraction of sp³-hybridized carbons (Fsp3) is 0.682. The number of benzene rings is 1. The van der Waals surface area contributed by atoms with Crippen LogP contribution in [0.1, 0.15) is 57.9 Å². The van der Waals surface area contributed by atoms with Crippen LogP contribution in [0.4, 0.5) is 5.69 Å². The Morgan fingerprint density at radius 3 is 2.11 bits per heavy atom. The van der Waals surface area contributed by atoms with Gasteiger partial charge in [0, 0.05) is 18.8 Å². The Balaban J connectivity index is 1.59. The van der Waals surface area contributed by atoms with Gasteiger partial charge in [0.05, 0.1) is 10.3 Å². The van der Waals surface area contributed by atoms with Crippen molar-refractivity contribution in [1.82, 2.24) is 4.31 Å². The number of hydrogen-bond acceptors (Lipinski definition) is 3. The molecule has 0 atom stereocenters. The second-order valence-electron chi connectivity index (χ2n) is 9.22. The topological polar surface area (TPSA) is 66.5 Å². The third-order valence-corrected chi connectivity index (χ3v) is 9.37. The minimum Gasteiger partial charge on any atom is -0.325 e. The number of carbonyl (C=O) groups excluding carboxylic acids is 1. The van der Waals surface area contributed by atoms with Crippen LogP contribution in [-0.4, -0.2) is 31.7 Å². The quantitative estimate of drug-likeness (QED) is 0.773. The van der Waals surface area contributed by atoms with Gasteiger partial charge in [-0.1, -0.05) is 19.9 Å². The smallest absolute Gasteiger partial charge is 0.243 e. The van der Waals surface area contributed by atoms with Crippen molar-refractivity contribution >= 4 is 21.6 Å². The third-order valence-electron chi connectivity index (χ3n) is 7.32. The van der Waals surface area contributed by atoms with Gasteiger partial charge in [-0.25, -0.2) is 8.42 Å². The van der Waals surface area contributed by atoms with E-state index in [1.54, 1.807) is 18.2 Å². The number of rotatable bonds is 6. The fourth-order valence-corrected chi connectivity index (χ4v) is 7.74. The fourth-order valence-electron chi connectivity index (χ4n) is 6.25. The van der Waals surface area contributed by atoms with E-state index in [9.17, 15) is 13.2 Å². The molecule has 0 heterocycles. The number of carbonyl (C=O) groups is 1. The number of anilines is 1. The second kappa shape index (κ2) is 7.13. The summed E-state index contributed by atoms with van der Waals surface area (Å²) >= 11 is 0. The molecule has 154 valence electrons. The van der Waals surface area contributed by atoms with Crippen LogP contribution < -0.4 is 5.32 Å². The molecule has 5 rings (SSSR count). The van der Waals surface area contributed by atoms with E-state index in [0.717, 1.165) is 24.8 Å².